The van der Waals surface area contributed by atoms with E-state index in [1.54, 1.807) is 24.3 Å². The number of hydrogen-bond donors (Lipinski definition) is 0. The van der Waals surface area contributed by atoms with Crippen LogP contribution in [0.5, 0.6) is 0 Å². The molecule has 0 N–H and O–H groups in total. The molecule has 0 spiro atoms. The van der Waals surface area contributed by atoms with E-state index in [0.29, 0.717) is 11.0 Å². The average Bonchev–Trinajstić information content (AvgIpc) is 2.70. The van der Waals surface area contributed by atoms with Crippen molar-refractivity contribution in [1.29, 1.82) is 0 Å². The van der Waals surface area contributed by atoms with E-state index in [1.165, 1.54) is 13.8 Å². The Hall–Kier alpha value is -2.11. The van der Waals surface area contributed by atoms with Gasteiger partial charge in [0.15, 0.2) is 0 Å². The van der Waals surface area contributed by atoms with Crippen molar-refractivity contribution in [3.05, 3.63) is 24.3 Å². The molecule has 0 fully saturated rings. The summed E-state index contributed by atoms with van der Waals surface area (Å²) in [5.41, 5.74) is -0.660. The van der Waals surface area contributed by atoms with Crippen molar-refractivity contribution < 1.29 is 18.5 Å². The van der Waals surface area contributed by atoms with Gasteiger partial charge in [-0.1, -0.05) is 17.0 Å². The lowest BCUT2D eigenvalue weighted by Crippen LogP contribution is -2.30. The fourth-order valence-corrected chi connectivity index (χ4v) is 1.21. The topological polar surface area (TPSA) is 66.2 Å². The summed E-state index contributed by atoms with van der Waals surface area (Å²) in [5.74, 6) is 0. The quantitative estimate of drug-likeness (QED) is 0.559. The smallest absolute Gasteiger partial charge is 0.427 e. The zero-order valence-electron chi connectivity index (χ0n) is 12.4. The fourth-order valence-electron chi connectivity index (χ4n) is 1.21. The molecule has 0 radical (unpaired) electrons. The molecule has 0 aliphatic rings. The lowest BCUT2D eigenvalue weighted by Gasteiger charge is -2.18. The number of fused-ring (bicyclic) bond motifs is 1. The van der Waals surface area contributed by atoms with Gasteiger partial charge in [-0.05, 0) is 38.0 Å². The van der Waals surface area contributed by atoms with E-state index < -0.39 is 18.6 Å². The van der Waals surface area contributed by atoms with Crippen LogP contribution in [0.3, 0.4) is 0 Å². The summed E-state index contributed by atoms with van der Waals surface area (Å²) < 4.78 is 26.6. The number of nitrogens with zero attached hydrogens (tertiary/aromatic N) is 3. The lowest BCUT2D eigenvalue weighted by molar-refractivity contribution is -0.0157. The lowest BCUT2D eigenvalue weighted by atomic mass is 10.2. The van der Waals surface area contributed by atoms with Crippen LogP contribution in [0.4, 0.5) is 4.79 Å². The van der Waals surface area contributed by atoms with Gasteiger partial charge in [0, 0.05) is 4.11 Å². The number of benzene rings is 1. The average molecular weight is 238 g/mol. The predicted octanol–water partition coefficient (Wildman–Crippen LogP) is 1.79. The van der Waals surface area contributed by atoms with E-state index in [0.717, 1.165) is 4.85 Å². The van der Waals surface area contributed by atoms with E-state index in [1.807, 2.05) is 0 Å². The Kier molecular flexibility index (Phi) is 1.91. The molecule has 0 aliphatic carbocycles. The Labute approximate surface area is 102 Å². The summed E-state index contributed by atoms with van der Waals surface area (Å²) in [5, 5.41) is 7.42. The molecule has 0 bridgehead atoms. The molecule has 90 valence electrons. The number of aromatic nitrogens is 3. The molecule has 6 heteroatoms. The first-order valence-corrected chi connectivity index (χ1v) is 4.92. The van der Waals surface area contributed by atoms with Crippen LogP contribution in [0.1, 0.15) is 24.8 Å². The van der Waals surface area contributed by atoms with E-state index in [2.05, 4.69) is 10.3 Å². The third-order valence-corrected chi connectivity index (χ3v) is 1.82. The van der Waals surface area contributed by atoms with Crippen LogP contribution in [-0.4, -0.2) is 26.9 Å². The minimum absolute atomic E-state index is 0.469. The van der Waals surface area contributed by atoms with Crippen molar-refractivity contribution in [2.45, 2.75) is 26.3 Å². The van der Waals surface area contributed by atoms with Gasteiger partial charge >= 0.3 is 6.16 Å². The van der Waals surface area contributed by atoms with Gasteiger partial charge in [-0.15, -0.1) is 5.10 Å². The molecule has 1 heterocycles. The summed E-state index contributed by atoms with van der Waals surface area (Å²) >= 11 is 0. The van der Waals surface area contributed by atoms with Crippen LogP contribution < -0.4 is 4.84 Å². The maximum atomic E-state index is 11.6. The second kappa shape index (κ2) is 4.04. The zero-order valence-corrected chi connectivity index (χ0v) is 9.38. The second-order valence-electron chi connectivity index (χ2n) is 3.90. The summed E-state index contributed by atoms with van der Waals surface area (Å²) in [6.45, 7) is 0.0951. The minimum atomic E-state index is -2.46. The summed E-state index contributed by atoms with van der Waals surface area (Å²) in [7, 11) is 0. The highest BCUT2D eigenvalue weighted by Gasteiger charge is 2.19. The number of carbonyl (C=O) groups excluding carboxylic acids is 1. The molecule has 0 aliphatic heterocycles. The van der Waals surface area contributed by atoms with E-state index in [9.17, 15) is 4.79 Å². The van der Waals surface area contributed by atoms with Gasteiger partial charge in [-0.2, -0.15) is 0 Å². The molecule has 17 heavy (non-hydrogen) atoms. The monoisotopic (exact) mass is 238 g/mol. The van der Waals surface area contributed by atoms with Crippen LogP contribution in [0.2, 0.25) is 0 Å². The largest absolute Gasteiger partial charge is 0.535 e. The first kappa shape index (κ1) is 8.05. The molecule has 0 saturated heterocycles. The molecular weight excluding hydrogens is 222 g/mol. The zero-order chi connectivity index (χ0) is 15.0. The molecule has 1 aromatic heterocycles. The number of para-hydroxylation sites is 1. The number of hydrogen-bond acceptors (Lipinski definition) is 5. The maximum Gasteiger partial charge on any atom is 0.535 e. The summed E-state index contributed by atoms with van der Waals surface area (Å²) in [6, 6.07) is 6.83. The van der Waals surface area contributed by atoms with Crippen LogP contribution in [0, 0.1) is 0 Å². The molecule has 2 rings (SSSR count). The first-order chi connectivity index (χ1) is 9.21. The molecule has 0 amide bonds. The standard InChI is InChI=1S/C11H13N3O3/c1-11(2,3)16-10(15)17-14-9-7-5-4-6-8(9)12-13-14/h4-7H,1-3H3/i1D3. The van der Waals surface area contributed by atoms with Crippen molar-refractivity contribution in [2.75, 3.05) is 0 Å². The normalized spacial score (nSPS) is 14.8. The molecule has 0 saturated carbocycles. The molecular formula is C11H13N3O3. The number of carbonyl (C=O) groups is 1. The van der Waals surface area contributed by atoms with Crippen LogP contribution in [-0.2, 0) is 4.74 Å². The molecule has 0 atom stereocenters. The van der Waals surface area contributed by atoms with Crippen molar-refractivity contribution in [3.63, 3.8) is 0 Å². The third kappa shape index (κ3) is 2.72. The summed E-state index contributed by atoms with van der Waals surface area (Å²) in [6.07, 6.45) is -1.17. The third-order valence-electron chi connectivity index (χ3n) is 1.82. The van der Waals surface area contributed by atoms with Crippen LogP contribution in [0.25, 0.3) is 11.0 Å². The highest BCUT2D eigenvalue weighted by Crippen LogP contribution is 2.10. The Balaban J connectivity index is 2.13. The highest BCUT2D eigenvalue weighted by atomic mass is 16.8. The molecule has 2 aromatic rings. The Bertz CT molecular complexity index is 636. The number of rotatable bonds is 1. The number of ether oxygens (including phenoxy) is 1. The Morgan fingerprint density at radius 3 is 3.00 bits per heavy atom. The van der Waals surface area contributed by atoms with Crippen molar-refractivity contribution in [2.24, 2.45) is 0 Å². The molecule has 0 unspecified atom stereocenters. The van der Waals surface area contributed by atoms with Gasteiger partial charge in [-0.25, -0.2) is 4.79 Å². The first-order valence-electron chi connectivity index (χ1n) is 6.42. The second-order valence-corrected chi connectivity index (χ2v) is 3.90. The SMILES string of the molecule is [2H]C([2H])([2H])C(C)(C)OC(=O)On1nnc2ccccc21. The Morgan fingerprint density at radius 2 is 2.24 bits per heavy atom. The van der Waals surface area contributed by atoms with Crippen molar-refractivity contribution in [3.8, 4) is 0 Å². The van der Waals surface area contributed by atoms with E-state index in [-0.39, 0.29) is 0 Å². The van der Waals surface area contributed by atoms with E-state index in [4.69, 9.17) is 13.7 Å². The Morgan fingerprint density at radius 1 is 1.47 bits per heavy atom. The summed E-state index contributed by atoms with van der Waals surface area (Å²) in [4.78, 5) is 17.3. The maximum absolute atomic E-state index is 11.6. The van der Waals surface area contributed by atoms with Crippen molar-refractivity contribution >= 4 is 17.2 Å². The van der Waals surface area contributed by atoms with Crippen LogP contribution in [0.15, 0.2) is 24.3 Å². The highest BCUT2D eigenvalue weighted by molar-refractivity contribution is 5.74. The van der Waals surface area contributed by atoms with Crippen molar-refractivity contribution in [1.82, 2.24) is 15.2 Å². The predicted molar refractivity (Wildman–Crippen MR) is 60.3 cm³/mol. The van der Waals surface area contributed by atoms with Crippen LogP contribution >= 0.6 is 0 Å². The van der Waals surface area contributed by atoms with E-state index >= 15 is 0 Å². The van der Waals surface area contributed by atoms with Gasteiger partial charge in [0.1, 0.15) is 16.6 Å². The van der Waals surface area contributed by atoms with Gasteiger partial charge in [-0.3, -0.25) is 4.84 Å². The fraction of sp³-hybridized carbons (Fsp3) is 0.364. The van der Waals surface area contributed by atoms with Gasteiger partial charge in [0.2, 0.25) is 0 Å². The van der Waals surface area contributed by atoms with Gasteiger partial charge in [0.05, 0.1) is 0 Å². The molecule has 1 aromatic carbocycles. The molecule has 6 nitrogen and oxygen atoms in total. The van der Waals surface area contributed by atoms with Gasteiger partial charge in [0.25, 0.3) is 0 Å². The van der Waals surface area contributed by atoms with Gasteiger partial charge < -0.3 is 4.74 Å². The minimum Gasteiger partial charge on any atom is -0.427 e.